The van der Waals surface area contributed by atoms with E-state index in [0.29, 0.717) is 5.88 Å². The average molecular weight is 248 g/mol. The van der Waals surface area contributed by atoms with Gasteiger partial charge in [-0.05, 0) is 11.8 Å². The first-order valence-electron chi connectivity index (χ1n) is 5.81. The summed E-state index contributed by atoms with van der Waals surface area (Å²) in [7, 11) is 0. The fourth-order valence-electron chi connectivity index (χ4n) is 1.47. The first-order valence-corrected chi connectivity index (χ1v) is 6.55. The summed E-state index contributed by atoms with van der Waals surface area (Å²) < 4.78 is 8.59. The smallest absolute Gasteiger partial charge is 0.230 e. The molecule has 4 heteroatoms. The first kappa shape index (κ1) is 12.2. The summed E-state index contributed by atoms with van der Waals surface area (Å²) in [5.41, 5.74) is 0. The van der Waals surface area contributed by atoms with Gasteiger partial charge in [-0.15, -0.1) is 0 Å². The zero-order chi connectivity index (χ0) is 11.9. The Bertz CT molecular complexity index is 476. The Labute approximate surface area is 106 Å². The van der Waals surface area contributed by atoms with E-state index in [1.807, 2.05) is 30.5 Å². The quantitative estimate of drug-likeness (QED) is 0.481. The molecule has 0 saturated heterocycles. The van der Waals surface area contributed by atoms with Crippen molar-refractivity contribution in [1.29, 1.82) is 0 Å². The second-order valence-electron chi connectivity index (χ2n) is 3.78. The Morgan fingerprint density at radius 1 is 1.29 bits per heavy atom. The van der Waals surface area contributed by atoms with Gasteiger partial charge in [0.25, 0.3) is 0 Å². The van der Waals surface area contributed by atoms with Crippen LogP contribution in [-0.2, 0) is 0 Å². The fourth-order valence-corrected chi connectivity index (χ4v) is 1.93. The predicted octanol–water partition coefficient (Wildman–Crippen LogP) is 3.57. The van der Waals surface area contributed by atoms with Crippen LogP contribution in [-0.4, -0.2) is 11.5 Å². The predicted molar refractivity (Wildman–Crippen MR) is 72.9 cm³/mol. The maximum Gasteiger partial charge on any atom is 0.230 e. The number of aromatic nitrogens is 1. The highest BCUT2D eigenvalue weighted by Crippen LogP contribution is 2.19. The van der Waals surface area contributed by atoms with E-state index in [4.69, 9.17) is 4.18 Å². The third kappa shape index (κ3) is 3.61. The minimum absolute atomic E-state index is 0.637. The number of nitrogens with zero attached hydrogens (tertiary/aromatic N) is 1. The maximum atomic E-state index is 5.46. The number of hydrogen-bond acceptors (Lipinski definition) is 4. The summed E-state index contributed by atoms with van der Waals surface area (Å²) >= 11 is 1.24. The fraction of sp³-hybridized carbons (Fsp3) is 0.308. The standard InChI is InChI=1S/C13H16N2OS/c1-2-3-8-15-17-16-13-9-11-6-4-5-7-12(11)10-14-13/h4-7,9-10,15H,2-3,8H2,1H3. The minimum atomic E-state index is 0.637. The molecule has 0 saturated carbocycles. The second kappa shape index (κ2) is 6.47. The monoisotopic (exact) mass is 248 g/mol. The Morgan fingerprint density at radius 2 is 2.12 bits per heavy atom. The molecule has 0 atom stereocenters. The van der Waals surface area contributed by atoms with Gasteiger partial charge in [0, 0.05) is 24.2 Å². The highest BCUT2D eigenvalue weighted by atomic mass is 32.2. The molecule has 17 heavy (non-hydrogen) atoms. The minimum Gasteiger partial charge on any atom is -0.390 e. The SMILES string of the molecule is CCCCNSOc1cc2ccccc2cn1. The molecule has 1 aromatic carbocycles. The second-order valence-corrected chi connectivity index (χ2v) is 4.41. The topological polar surface area (TPSA) is 34.1 Å². The molecule has 0 amide bonds. The molecule has 90 valence electrons. The third-order valence-corrected chi connectivity index (χ3v) is 3.00. The van der Waals surface area contributed by atoms with Crippen LogP contribution in [0.2, 0.25) is 0 Å². The van der Waals surface area contributed by atoms with Gasteiger partial charge in [-0.2, -0.15) is 0 Å². The van der Waals surface area contributed by atoms with Crippen LogP contribution in [0.15, 0.2) is 36.5 Å². The molecule has 0 radical (unpaired) electrons. The lowest BCUT2D eigenvalue weighted by Gasteiger charge is -2.04. The van der Waals surface area contributed by atoms with Crippen molar-refractivity contribution in [2.24, 2.45) is 0 Å². The number of benzene rings is 1. The van der Waals surface area contributed by atoms with Crippen molar-refractivity contribution in [2.45, 2.75) is 19.8 Å². The molecular formula is C13H16N2OS. The highest BCUT2D eigenvalue weighted by Gasteiger charge is 1.98. The van der Waals surface area contributed by atoms with Gasteiger partial charge in [0.2, 0.25) is 5.88 Å². The molecule has 0 aliphatic carbocycles. The zero-order valence-electron chi connectivity index (χ0n) is 9.85. The van der Waals surface area contributed by atoms with E-state index < -0.39 is 0 Å². The van der Waals surface area contributed by atoms with Crippen molar-refractivity contribution in [3.8, 4) is 5.88 Å². The van der Waals surface area contributed by atoms with Crippen LogP contribution in [0.3, 0.4) is 0 Å². The van der Waals surface area contributed by atoms with Crippen molar-refractivity contribution in [1.82, 2.24) is 9.71 Å². The van der Waals surface area contributed by atoms with Gasteiger partial charge in [-0.3, -0.25) is 0 Å². The molecule has 0 bridgehead atoms. The molecular weight excluding hydrogens is 232 g/mol. The van der Waals surface area contributed by atoms with Gasteiger partial charge in [0.05, 0.1) is 0 Å². The number of rotatable bonds is 6. The molecule has 2 rings (SSSR count). The van der Waals surface area contributed by atoms with Gasteiger partial charge in [-0.25, -0.2) is 9.71 Å². The van der Waals surface area contributed by atoms with E-state index in [9.17, 15) is 0 Å². The largest absolute Gasteiger partial charge is 0.390 e. The molecule has 0 spiro atoms. The molecule has 3 nitrogen and oxygen atoms in total. The zero-order valence-corrected chi connectivity index (χ0v) is 10.7. The van der Waals surface area contributed by atoms with Crippen molar-refractivity contribution in [2.75, 3.05) is 6.54 Å². The summed E-state index contributed by atoms with van der Waals surface area (Å²) in [5, 5.41) is 2.27. The van der Waals surface area contributed by atoms with E-state index in [0.717, 1.165) is 23.7 Å². The van der Waals surface area contributed by atoms with Gasteiger partial charge in [-0.1, -0.05) is 37.6 Å². The van der Waals surface area contributed by atoms with Gasteiger partial charge in [0.1, 0.15) is 12.2 Å². The maximum absolute atomic E-state index is 5.46. The van der Waals surface area contributed by atoms with E-state index in [1.165, 1.54) is 18.6 Å². The summed E-state index contributed by atoms with van der Waals surface area (Å²) in [6.07, 6.45) is 4.17. The molecule has 0 aliphatic rings. The molecule has 1 N–H and O–H groups in total. The Hall–Kier alpha value is -1.26. The lowest BCUT2D eigenvalue weighted by atomic mass is 10.2. The van der Waals surface area contributed by atoms with Gasteiger partial charge in [0.15, 0.2) is 0 Å². The summed E-state index contributed by atoms with van der Waals surface area (Å²) in [6, 6.07) is 10.1. The van der Waals surface area contributed by atoms with Gasteiger partial charge >= 0.3 is 0 Å². The molecule has 1 heterocycles. The van der Waals surface area contributed by atoms with E-state index in [2.05, 4.69) is 22.7 Å². The number of nitrogens with one attached hydrogen (secondary N) is 1. The Kier molecular flexibility index (Phi) is 4.64. The average Bonchev–Trinajstić information content (AvgIpc) is 2.38. The number of unbranched alkanes of at least 4 members (excludes halogenated alkanes) is 1. The van der Waals surface area contributed by atoms with E-state index >= 15 is 0 Å². The van der Waals surface area contributed by atoms with Crippen LogP contribution in [0.5, 0.6) is 5.88 Å². The third-order valence-electron chi connectivity index (χ3n) is 2.42. The number of pyridine rings is 1. The van der Waals surface area contributed by atoms with Crippen LogP contribution in [0, 0.1) is 0 Å². The van der Waals surface area contributed by atoms with E-state index in [-0.39, 0.29) is 0 Å². The summed E-state index contributed by atoms with van der Waals surface area (Å²) in [5.74, 6) is 0.637. The van der Waals surface area contributed by atoms with E-state index in [1.54, 1.807) is 0 Å². The van der Waals surface area contributed by atoms with Crippen molar-refractivity contribution < 1.29 is 4.18 Å². The molecule has 0 fully saturated rings. The molecule has 0 unspecified atom stereocenters. The number of fused-ring (bicyclic) bond motifs is 1. The highest BCUT2D eigenvalue weighted by molar-refractivity contribution is 7.93. The normalized spacial score (nSPS) is 10.6. The molecule has 2 aromatic rings. The van der Waals surface area contributed by atoms with Crippen LogP contribution < -0.4 is 8.91 Å². The number of hydrogen-bond donors (Lipinski definition) is 1. The Balaban J connectivity index is 1.90. The van der Waals surface area contributed by atoms with Crippen LogP contribution in [0.25, 0.3) is 10.8 Å². The summed E-state index contributed by atoms with van der Waals surface area (Å²) in [6.45, 7) is 3.12. The lowest BCUT2D eigenvalue weighted by Crippen LogP contribution is -2.07. The van der Waals surface area contributed by atoms with Crippen LogP contribution >= 0.6 is 12.2 Å². The summed E-state index contributed by atoms with van der Waals surface area (Å²) in [4.78, 5) is 4.24. The van der Waals surface area contributed by atoms with Crippen molar-refractivity contribution in [3.05, 3.63) is 36.5 Å². The molecule has 1 aromatic heterocycles. The van der Waals surface area contributed by atoms with Crippen LogP contribution in [0.1, 0.15) is 19.8 Å². The lowest BCUT2D eigenvalue weighted by molar-refractivity contribution is 0.605. The van der Waals surface area contributed by atoms with Crippen molar-refractivity contribution in [3.63, 3.8) is 0 Å². The Morgan fingerprint density at radius 3 is 2.94 bits per heavy atom. The molecule has 0 aliphatic heterocycles. The van der Waals surface area contributed by atoms with Gasteiger partial charge < -0.3 is 4.18 Å². The first-order chi connectivity index (χ1) is 8.40. The van der Waals surface area contributed by atoms with Crippen LogP contribution in [0.4, 0.5) is 0 Å². The van der Waals surface area contributed by atoms with Crippen molar-refractivity contribution >= 4 is 23.0 Å².